The Morgan fingerprint density at radius 2 is 0.938 bits per heavy atom. The van der Waals surface area contributed by atoms with E-state index in [-0.39, 0.29) is 5.41 Å². The third-order valence-electron chi connectivity index (χ3n) is 13.4. The number of rotatable bonds is 6. The number of thiophene rings is 1. The van der Waals surface area contributed by atoms with Crippen molar-refractivity contribution < 1.29 is 4.42 Å². The zero-order valence-electron chi connectivity index (χ0n) is 35.7. The fraction of sp³-hybridized carbons (Fsp3) is 0.0500. The van der Waals surface area contributed by atoms with E-state index in [1.54, 1.807) is 11.3 Å². The van der Waals surface area contributed by atoms with Crippen LogP contribution in [0.3, 0.4) is 0 Å². The molecule has 0 aliphatic heterocycles. The predicted octanol–water partition coefficient (Wildman–Crippen LogP) is 16.4. The van der Waals surface area contributed by atoms with Crippen molar-refractivity contribution >= 4 is 53.4 Å². The first-order valence-corrected chi connectivity index (χ1v) is 22.9. The Morgan fingerprint density at radius 3 is 1.78 bits per heavy atom. The Morgan fingerprint density at radius 1 is 0.369 bits per heavy atom. The number of fused-ring (bicyclic) bond motifs is 9. The van der Waals surface area contributed by atoms with E-state index in [9.17, 15) is 0 Å². The first-order valence-electron chi connectivity index (χ1n) is 22.1. The Hall–Kier alpha value is -7.99. The summed E-state index contributed by atoms with van der Waals surface area (Å²) in [7, 11) is 0. The highest BCUT2D eigenvalue weighted by Crippen LogP contribution is 2.52. The zero-order chi connectivity index (χ0) is 43.2. The van der Waals surface area contributed by atoms with Gasteiger partial charge in [0.05, 0.1) is 0 Å². The van der Waals surface area contributed by atoms with Crippen LogP contribution in [0.2, 0.25) is 0 Å². The summed E-state index contributed by atoms with van der Waals surface area (Å²) in [6.45, 7) is 4.68. The molecule has 0 N–H and O–H groups in total. The van der Waals surface area contributed by atoms with Crippen LogP contribution in [0.25, 0.3) is 121 Å². The number of benzene rings is 9. The minimum absolute atomic E-state index is 0.0679. The first kappa shape index (κ1) is 37.6. The van der Waals surface area contributed by atoms with Gasteiger partial charge in [-0.3, -0.25) is 0 Å². The summed E-state index contributed by atoms with van der Waals surface area (Å²) in [6.07, 6.45) is 0. The van der Waals surface area contributed by atoms with Crippen LogP contribution in [0.15, 0.2) is 205 Å². The van der Waals surface area contributed by atoms with Crippen molar-refractivity contribution in [2.75, 3.05) is 0 Å². The average Bonchev–Trinajstić information content (AvgIpc) is 4.01. The fourth-order valence-electron chi connectivity index (χ4n) is 10.3. The predicted molar refractivity (Wildman–Crippen MR) is 270 cm³/mol. The number of hydrogen-bond acceptors (Lipinski definition) is 5. The number of aromatic nitrogens is 3. The lowest BCUT2D eigenvalue weighted by atomic mass is 9.82. The molecule has 0 fully saturated rings. The number of nitrogens with zero attached hydrogens (tertiary/aromatic N) is 3. The van der Waals surface area contributed by atoms with Gasteiger partial charge in [-0.15, -0.1) is 11.3 Å². The summed E-state index contributed by atoms with van der Waals surface area (Å²) >= 11 is 1.79. The maximum atomic E-state index is 6.63. The van der Waals surface area contributed by atoms with Gasteiger partial charge in [0.15, 0.2) is 17.5 Å². The zero-order valence-corrected chi connectivity index (χ0v) is 36.5. The molecule has 0 amide bonds. The molecule has 3 aromatic heterocycles. The van der Waals surface area contributed by atoms with Gasteiger partial charge in [-0.25, -0.2) is 15.0 Å². The first-order chi connectivity index (χ1) is 32.0. The molecule has 4 nitrogen and oxygen atoms in total. The Labute approximate surface area is 380 Å². The van der Waals surface area contributed by atoms with E-state index in [2.05, 4.69) is 196 Å². The summed E-state index contributed by atoms with van der Waals surface area (Å²) in [5.74, 6) is 1.83. The molecule has 0 radical (unpaired) electrons. The van der Waals surface area contributed by atoms with Crippen LogP contribution in [-0.2, 0) is 5.41 Å². The largest absolute Gasteiger partial charge is 0.456 e. The molecule has 9 aromatic carbocycles. The van der Waals surface area contributed by atoms with Gasteiger partial charge < -0.3 is 4.42 Å². The molecule has 306 valence electrons. The van der Waals surface area contributed by atoms with Gasteiger partial charge in [-0.1, -0.05) is 178 Å². The van der Waals surface area contributed by atoms with E-state index in [1.165, 1.54) is 48.2 Å². The van der Waals surface area contributed by atoms with Crippen molar-refractivity contribution in [1.29, 1.82) is 0 Å². The molecule has 0 unspecified atom stereocenters. The van der Waals surface area contributed by atoms with E-state index in [0.717, 1.165) is 66.3 Å². The minimum Gasteiger partial charge on any atom is -0.456 e. The quantitative estimate of drug-likeness (QED) is 0.167. The molecular formula is C60H39N3OS. The van der Waals surface area contributed by atoms with Gasteiger partial charge in [0.1, 0.15) is 11.2 Å². The second-order valence-corrected chi connectivity index (χ2v) is 18.5. The van der Waals surface area contributed by atoms with Crippen LogP contribution in [0.1, 0.15) is 25.0 Å². The van der Waals surface area contributed by atoms with Crippen molar-refractivity contribution in [3.63, 3.8) is 0 Å². The van der Waals surface area contributed by atoms with E-state index < -0.39 is 0 Å². The Balaban J connectivity index is 1.00. The van der Waals surface area contributed by atoms with Crippen molar-refractivity contribution in [3.05, 3.63) is 211 Å². The second-order valence-electron chi connectivity index (χ2n) is 17.5. The lowest BCUT2D eigenvalue weighted by molar-refractivity contribution is 0.660. The van der Waals surface area contributed by atoms with Crippen molar-refractivity contribution in [2.45, 2.75) is 19.3 Å². The molecule has 1 aliphatic rings. The van der Waals surface area contributed by atoms with Gasteiger partial charge in [0.2, 0.25) is 0 Å². The molecule has 0 spiro atoms. The van der Waals surface area contributed by atoms with E-state index in [1.807, 2.05) is 18.2 Å². The molecular weight excluding hydrogens is 811 g/mol. The van der Waals surface area contributed by atoms with Crippen LogP contribution in [0, 0.1) is 0 Å². The van der Waals surface area contributed by atoms with Crippen LogP contribution in [-0.4, -0.2) is 15.0 Å². The van der Waals surface area contributed by atoms with Gasteiger partial charge in [0.25, 0.3) is 0 Å². The maximum Gasteiger partial charge on any atom is 0.164 e. The normalized spacial score (nSPS) is 12.9. The van der Waals surface area contributed by atoms with Crippen LogP contribution in [0.5, 0.6) is 0 Å². The van der Waals surface area contributed by atoms with Crippen molar-refractivity contribution in [2.24, 2.45) is 0 Å². The Bertz CT molecular complexity index is 3880. The summed E-state index contributed by atoms with van der Waals surface area (Å²) in [4.78, 5) is 16.1. The SMILES string of the molecule is CC1(C)c2ccccc2-c2c(-c3cccc(-c4ccc5oc6cccc(-c7nc(-c8ccccc8-c8ccccc8)nc(-c8cccc9sc%10ccccc%10c89)n7)c6c5c4)c3)cccc21. The van der Waals surface area contributed by atoms with Gasteiger partial charge in [-0.2, -0.15) is 0 Å². The van der Waals surface area contributed by atoms with Crippen molar-refractivity contribution in [1.82, 2.24) is 15.0 Å². The van der Waals surface area contributed by atoms with E-state index in [4.69, 9.17) is 19.4 Å². The molecule has 0 saturated carbocycles. The summed E-state index contributed by atoms with van der Waals surface area (Å²) in [5.41, 5.74) is 16.6. The third-order valence-corrected chi connectivity index (χ3v) is 14.5. The molecule has 1 aliphatic carbocycles. The third kappa shape index (κ3) is 5.93. The Kier molecular flexibility index (Phi) is 8.39. The maximum absolute atomic E-state index is 6.63. The number of hydrogen-bond donors (Lipinski definition) is 0. The topological polar surface area (TPSA) is 51.8 Å². The highest BCUT2D eigenvalue weighted by atomic mass is 32.1. The van der Waals surface area contributed by atoms with Crippen LogP contribution < -0.4 is 0 Å². The van der Waals surface area contributed by atoms with Crippen LogP contribution in [0.4, 0.5) is 0 Å². The highest BCUT2D eigenvalue weighted by Gasteiger charge is 2.36. The molecule has 65 heavy (non-hydrogen) atoms. The van der Waals surface area contributed by atoms with Gasteiger partial charge in [-0.05, 0) is 92.0 Å². The molecule has 0 atom stereocenters. The van der Waals surface area contributed by atoms with Crippen LogP contribution >= 0.6 is 11.3 Å². The van der Waals surface area contributed by atoms with Gasteiger partial charge >= 0.3 is 0 Å². The molecule has 5 heteroatoms. The average molecular weight is 850 g/mol. The van der Waals surface area contributed by atoms with Gasteiger partial charge in [0, 0.05) is 53.1 Å². The number of furan rings is 1. The molecule has 0 bridgehead atoms. The molecule has 3 heterocycles. The second kappa shape index (κ2) is 14.5. The minimum atomic E-state index is -0.0679. The standard InChI is InChI=1S/C60H39N3OS/c1-60(2)48-27-10-8-22-43(48)54-41(24-13-28-49(54)60)39-19-12-18-37(34-39)38-32-33-50-47(35-38)55-45(25-14-29-51(55)64-50)58-61-57(42-21-7-6-20-40(42)36-16-4-3-5-17-36)62-59(63-58)46-26-15-31-53-56(46)44-23-9-11-30-52(44)65-53/h3-35H,1-2H3. The molecule has 0 saturated heterocycles. The fourth-order valence-corrected chi connectivity index (χ4v) is 11.4. The smallest absolute Gasteiger partial charge is 0.164 e. The van der Waals surface area contributed by atoms with E-state index >= 15 is 0 Å². The summed E-state index contributed by atoms with van der Waals surface area (Å²) in [5, 5.41) is 4.33. The highest BCUT2D eigenvalue weighted by molar-refractivity contribution is 7.25. The summed E-state index contributed by atoms with van der Waals surface area (Å²) < 4.78 is 9.06. The molecule has 13 rings (SSSR count). The van der Waals surface area contributed by atoms with Crippen molar-refractivity contribution in [3.8, 4) is 78.7 Å². The molecule has 12 aromatic rings. The summed E-state index contributed by atoms with van der Waals surface area (Å²) in [6, 6.07) is 71.2. The lowest BCUT2D eigenvalue weighted by Gasteiger charge is -2.21. The lowest BCUT2D eigenvalue weighted by Crippen LogP contribution is -2.14. The monoisotopic (exact) mass is 849 g/mol. The van der Waals surface area contributed by atoms with E-state index in [0.29, 0.717) is 17.5 Å².